The molecule has 0 bridgehead atoms. The minimum absolute atomic E-state index is 0.0254. The summed E-state index contributed by atoms with van der Waals surface area (Å²) in [6.07, 6.45) is 7.61. The van der Waals surface area contributed by atoms with Gasteiger partial charge in [0.05, 0.1) is 18.8 Å². The molecular weight excluding hydrogens is 548 g/mol. The molecule has 0 radical (unpaired) electrons. The molecule has 2 aliphatic heterocycles. The van der Waals surface area contributed by atoms with Gasteiger partial charge in [-0.2, -0.15) is 0 Å². The highest BCUT2D eigenvalue weighted by Crippen LogP contribution is 2.62. The molecule has 0 aromatic rings. The first kappa shape index (κ1) is 33.3. The van der Waals surface area contributed by atoms with Gasteiger partial charge in [-0.05, 0) is 107 Å². The third-order valence-electron chi connectivity index (χ3n) is 11.3. The minimum atomic E-state index is -2.04. The number of hydrogen-bond acceptors (Lipinski definition) is 6. The van der Waals surface area contributed by atoms with E-state index >= 15 is 0 Å². The van der Waals surface area contributed by atoms with Crippen LogP contribution in [0.2, 0.25) is 18.1 Å². The van der Waals surface area contributed by atoms with Crippen molar-refractivity contribution in [2.24, 2.45) is 29.1 Å². The molecular formula is C33H58N2O6Si. The normalized spacial score (nSPS) is 31.4. The molecule has 240 valence electrons. The first-order valence-electron chi connectivity index (χ1n) is 16.2. The van der Waals surface area contributed by atoms with Crippen LogP contribution in [0.1, 0.15) is 80.1 Å². The van der Waals surface area contributed by atoms with Crippen LogP contribution < -0.4 is 0 Å². The van der Waals surface area contributed by atoms with Crippen LogP contribution >= 0.6 is 0 Å². The van der Waals surface area contributed by atoms with E-state index in [1.165, 1.54) is 6.42 Å². The third-order valence-corrected chi connectivity index (χ3v) is 15.8. The van der Waals surface area contributed by atoms with E-state index in [-0.39, 0.29) is 35.3 Å². The van der Waals surface area contributed by atoms with Crippen molar-refractivity contribution < 1.29 is 28.2 Å². The van der Waals surface area contributed by atoms with Gasteiger partial charge in [-0.1, -0.05) is 33.4 Å². The lowest BCUT2D eigenvalue weighted by Gasteiger charge is -2.58. The maximum atomic E-state index is 13.8. The number of amides is 2. The summed E-state index contributed by atoms with van der Waals surface area (Å²) in [4.78, 5) is 30.6. The fraction of sp³-hybridized carbons (Fsp3) is 0.879. The smallest absolute Gasteiger partial charge is 0.410 e. The second-order valence-electron chi connectivity index (χ2n) is 16.0. The number of carbonyl (C=O) groups excluding carboxylic acids is 2. The zero-order chi connectivity index (χ0) is 31.1. The van der Waals surface area contributed by atoms with Gasteiger partial charge in [0.2, 0.25) is 0 Å². The third kappa shape index (κ3) is 6.88. The molecule has 4 fully saturated rings. The SMILES string of the molecule is C=CCOC(=O)N1CC2(CCN(C(=O)OC(C)(C)C)CC2)C2C3CCC(OC)CC3CC2[C@@H]1CO[Si](C)(C)C(C)(C)C. The quantitative estimate of drug-likeness (QED) is 0.237. The number of piperidine rings is 2. The maximum absolute atomic E-state index is 13.8. The molecule has 4 aliphatic rings. The van der Waals surface area contributed by atoms with Gasteiger partial charge in [-0.25, -0.2) is 9.59 Å². The number of nitrogens with zero attached hydrogens (tertiary/aromatic N) is 2. The van der Waals surface area contributed by atoms with Crippen LogP contribution in [0, 0.1) is 29.1 Å². The van der Waals surface area contributed by atoms with Gasteiger partial charge in [0.1, 0.15) is 12.2 Å². The summed E-state index contributed by atoms with van der Waals surface area (Å²) in [5.74, 6) is 2.01. The molecule has 2 heterocycles. The van der Waals surface area contributed by atoms with Crippen LogP contribution in [0.3, 0.4) is 0 Å². The van der Waals surface area contributed by atoms with E-state index in [9.17, 15) is 9.59 Å². The average molecular weight is 607 g/mol. The first-order valence-corrected chi connectivity index (χ1v) is 19.1. The van der Waals surface area contributed by atoms with Crippen LogP contribution in [-0.4, -0.2) is 88.0 Å². The summed E-state index contributed by atoms with van der Waals surface area (Å²) >= 11 is 0. The Hall–Kier alpha value is -1.58. The molecule has 0 aromatic heterocycles. The molecule has 2 amide bonds. The van der Waals surface area contributed by atoms with E-state index in [0.717, 1.165) is 32.1 Å². The van der Waals surface area contributed by atoms with Crippen molar-refractivity contribution in [1.82, 2.24) is 9.80 Å². The molecule has 2 saturated carbocycles. The van der Waals surface area contributed by atoms with Crippen LogP contribution in [0.25, 0.3) is 0 Å². The van der Waals surface area contributed by atoms with E-state index in [0.29, 0.717) is 56.0 Å². The summed E-state index contributed by atoms with van der Waals surface area (Å²) < 4.78 is 24.2. The Bertz CT molecular complexity index is 980. The van der Waals surface area contributed by atoms with Crippen LogP contribution in [-0.2, 0) is 18.6 Å². The summed E-state index contributed by atoms with van der Waals surface area (Å²) in [7, 11) is -0.199. The molecule has 42 heavy (non-hydrogen) atoms. The Morgan fingerprint density at radius 3 is 2.24 bits per heavy atom. The summed E-state index contributed by atoms with van der Waals surface area (Å²) in [5.41, 5.74) is -0.590. The van der Waals surface area contributed by atoms with Gasteiger partial charge in [0.15, 0.2) is 8.32 Å². The molecule has 0 aromatic carbocycles. The van der Waals surface area contributed by atoms with Gasteiger partial charge in [0, 0.05) is 26.7 Å². The highest BCUT2D eigenvalue weighted by Gasteiger charge is 2.62. The summed E-state index contributed by atoms with van der Waals surface area (Å²) in [6, 6.07) is -0.0254. The number of carbonyl (C=O) groups is 2. The van der Waals surface area contributed by atoms with Gasteiger partial charge in [0.25, 0.3) is 0 Å². The van der Waals surface area contributed by atoms with Crippen LogP contribution in [0.5, 0.6) is 0 Å². The van der Waals surface area contributed by atoms with E-state index in [1.807, 2.05) is 37.7 Å². The predicted octanol–water partition coefficient (Wildman–Crippen LogP) is 7.10. The fourth-order valence-corrected chi connectivity index (χ4v) is 9.22. The molecule has 8 nitrogen and oxygen atoms in total. The maximum Gasteiger partial charge on any atom is 0.410 e. The van der Waals surface area contributed by atoms with Gasteiger partial charge in [-0.15, -0.1) is 0 Å². The number of likely N-dealkylation sites (tertiary alicyclic amines) is 2. The monoisotopic (exact) mass is 606 g/mol. The molecule has 4 rings (SSSR count). The predicted molar refractivity (Wildman–Crippen MR) is 168 cm³/mol. The highest BCUT2D eigenvalue weighted by atomic mass is 28.4. The van der Waals surface area contributed by atoms with E-state index in [1.54, 1.807) is 6.08 Å². The number of fused-ring (bicyclic) bond motifs is 4. The van der Waals surface area contributed by atoms with Crippen molar-refractivity contribution in [1.29, 1.82) is 0 Å². The van der Waals surface area contributed by atoms with Gasteiger partial charge in [-0.3, -0.25) is 0 Å². The fourth-order valence-electron chi connectivity index (χ4n) is 8.20. The minimum Gasteiger partial charge on any atom is -0.445 e. The summed E-state index contributed by atoms with van der Waals surface area (Å²) in [6.45, 7) is 23.6. The van der Waals surface area contributed by atoms with Crippen molar-refractivity contribution in [2.45, 2.75) is 116 Å². The highest BCUT2D eigenvalue weighted by molar-refractivity contribution is 6.74. The average Bonchev–Trinajstić information content (AvgIpc) is 3.29. The standard InChI is InChI=1S/C33H58N2O6Si/c1-11-18-39-30(37)35-22-33(14-16-34(17-15-33)29(36)41-31(2,3)4)28-25-13-12-24(38-8)19-23(25)20-26(28)27(35)21-40-42(9,10)32(5,6)7/h11,23-28H,1,12-22H2,2-10H3/t23?,24?,25?,26?,27-,28?/m0/s1. The lowest BCUT2D eigenvalue weighted by Crippen LogP contribution is -2.64. The Morgan fingerprint density at radius 1 is 1.00 bits per heavy atom. The number of rotatable bonds is 6. The first-order chi connectivity index (χ1) is 19.5. The number of methoxy groups -OCH3 is 1. The Balaban J connectivity index is 1.66. The van der Waals surface area contributed by atoms with Crippen molar-refractivity contribution in [3.63, 3.8) is 0 Å². The van der Waals surface area contributed by atoms with Crippen molar-refractivity contribution in [2.75, 3.05) is 40.0 Å². The van der Waals surface area contributed by atoms with E-state index < -0.39 is 13.9 Å². The molecule has 2 aliphatic carbocycles. The zero-order valence-electron chi connectivity index (χ0n) is 27.9. The topological polar surface area (TPSA) is 77.5 Å². The van der Waals surface area contributed by atoms with Crippen LogP contribution in [0.15, 0.2) is 12.7 Å². The molecule has 0 N–H and O–H groups in total. The number of hydrogen-bond donors (Lipinski definition) is 0. The second kappa shape index (κ2) is 12.4. The lowest BCUT2D eigenvalue weighted by molar-refractivity contribution is -0.0978. The Labute approximate surface area is 256 Å². The van der Waals surface area contributed by atoms with Gasteiger partial charge < -0.3 is 28.4 Å². The summed E-state index contributed by atoms with van der Waals surface area (Å²) in [5, 5.41) is 0.0836. The number of ether oxygens (including phenoxy) is 3. The largest absolute Gasteiger partial charge is 0.445 e. The van der Waals surface area contributed by atoms with Gasteiger partial charge >= 0.3 is 12.2 Å². The van der Waals surface area contributed by atoms with Crippen molar-refractivity contribution >= 4 is 20.5 Å². The van der Waals surface area contributed by atoms with Crippen LogP contribution in [0.4, 0.5) is 9.59 Å². The molecule has 6 atom stereocenters. The molecule has 5 unspecified atom stereocenters. The molecule has 9 heteroatoms. The zero-order valence-corrected chi connectivity index (χ0v) is 28.9. The second-order valence-corrected chi connectivity index (χ2v) is 20.8. The molecule has 1 spiro atoms. The van der Waals surface area contributed by atoms with E-state index in [2.05, 4.69) is 40.4 Å². The molecule has 2 saturated heterocycles. The van der Waals surface area contributed by atoms with Crippen molar-refractivity contribution in [3.05, 3.63) is 12.7 Å². The Morgan fingerprint density at radius 2 is 1.67 bits per heavy atom. The lowest BCUT2D eigenvalue weighted by atomic mass is 9.57. The van der Waals surface area contributed by atoms with E-state index in [4.69, 9.17) is 18.6 Å². The Kier molecular flexibility index (Phi) is 9.86. The van der Waals surface area contributed by atoms with Crippen molar-refractivity contribution in [3.8, 4) is 0 Å².